The van der Waals surface area contributed by atoms with E-state index in [2.05, 4.69) is 12.2 Å². The number of rotatable bonds is 4. The quantitative estimate of drug-likeness (QED) is 0.817. The SMILES string of the molecule is CC(CC1CC1)Nc1cc(F)ccc1Cl. The van der Waals surface area contributed by atoms with Crippen LogP contribution >= 0.6 is 11.6 Å². The number of halogens is 2. The number of nitrogens with one attached hydrogen (secondary N) is 1. The Bertz CT molecular complexity index is 349. The van der Waals surface area contributed by atoms with Gasteiger partial charge in [0.1, 0.15) is 5.82 Å². The molecule has 0 bridgehead atoms. The van der Waals surface area contributed by atoms with Crippen molar-refractivity contribution in [2.75, 3.05) is 5.32 Å². The third-order valence-electron chi connectivity index (χ3n) is 2.71. The first kappa shape index (κ1) is 10.7. The molecule has 1 aliphatic rings. The molecule has 1 fully saturated rings. The standard InChI is InChI=1S/C12H15ClFN/c1-8(6-9-2-3-9)15-12-7-10(14)4-5-11(12)13/h4-5,7-9,15H,2-3,6H2,1H3. The van der Waals surface area contributed by atoms with Crippen molar-refractivity contribution in [1.29, 1.82) is 0 Å². The molecule has 2 rings (SSSR count). The molecule has 1 saturated carbocycles. The molecule has 1 atom stereocenters. The second-order valence-corrected chi connectivity index (χ2v) is 4.76. The molecule has 0 aliphatic heterocycles. The predicted molar refractivity (Wildman–Crippen MR) is 61.8 cm³/mol. The van der Waals surface area contributed by atoms with Gasteiger partial charge in [-0.15, -0.1) is 0 Å². The Labute approximate surface area is 94.6 Å². The lowest BCUT2D eigenvalue weighted by Gasteiger charge is -2.15. The molecule has 1 aliphatic carbocycles. The van der Waals surface area contributed by atoms with Gasteiger partial charge in [-0.05, 0) is 37.5 Å². The smallest absolute Gasteiger partial charge is 0.125 e. The van der Waals surface area contributed by atoms with Crippen LogP contribution in [0.3, 0.4) is 0 Å². The first-order valence-electron chi connectivity index (χ1n) is 5.37. The Morgan fingerprint density at radius 2 is 2.27 bits per heavy atom. The van der Waals surface area contributed by atoms with Crippen molar-refractivity contribution >= 4 is 17.3 Å². The van der Waals surface area contributed by atoms with Crippen LogP contribution in [0.5, 0.6) is 0 Å². The zero-order valence-electron chi connectivity index (χ0n) is 8.76. The summed E-state index contributed by atoms with van der Waals surface area (Å²) in [5, 5.41) is 3.83. The lowest BCUT2D eigenvalue weighted by atomic mass is 10.1. The highest BCUT2D eigenvalue weighted by Crippen LogP contribution is 2.34. The summed E-state index contributed by atoms with van der Waals surface area (Å²) < 4.78 is 13.0. The predicted octanol–water partition coefficient (Wildman–Crippen LogP) is 4.08. The molecule has 0 radical (unpaired) electrons. The van der Waals surface area contributed by atoms with Crippen molar-refractivity contribution in [3.63, 3.8) is 0 Å². The number of hydrogen-bond donors (Lipinski definition) is 1. The lowest BCUT2D eigenvalue weighted by Crippen LogP contribution is -2.16. The molecule has 1 nitrogen and oxygen atoms in total. The summed E-state index contributed by atoms with van der Waals surface area (Å²) in [6.45, 7) is 2.11. The Morgan fingerprint density at radius 1 is 1.53 bits per heavy atom. The summed E-state index contributed by atoms with van der Waals surface area (Å²) in [5.41, 5.74) is 0.699. The van der Waals surface area contributed by atoms with E-state index in [1.807, 2.05) is 0 Å². The van der Waals surface area contributed by atoms with Crippen LogP contribution in [-0.2, 0) is 0 Å². The Kier molecular flexibility index (Phi) is 3.15. The summed E-state index contributed by atoms with van der Waals surface area (Å²) in [6.07, 6.45) is 3.82. The van der Waals surface area contributed by atoms with Gasteiger partial charge in [-0.2, -0.15) is 0 Å². The van der Waals surface area contributed by atoms with Crippen molar-refractivity contribution in [3.05, 3.63) is 29.0 Å². The van der Waals surface area contributed by atoms with Crippen LogP contribution in [0.2, 0.25) is 5.02 Å². The molecule has 82 valence electrons. The van der Waals surface area contributed by atoms with Crippen LogP contribution in [0.1, 0.15) is 26.2 Å². The Morgan fingerprint density at radius 3 is 2.93 bits per heavy atom. The van der Waals surface area contributed by atoms with Crippen LogP contribution in [0, 0.1) is 11.7 Å². The zero-order chi connectivity index (χ0) is 10.8. The maximum absolute atomic E-state index is 13.0. The van der Waals surface area contributed by atoms with Crippen molar-refractivity contribution in [3.8, 4) is 0 Å². The zero-order valence-corrected chi connectivity index (χ0v) is 9.52. The van der Waals surface area contributed by atoms with Gasteiger partial charge in [0.25, 0.3) is 0 Å². The van der Waals surface area contributed by atoms with Gasteiger partial charge < -0.3 is 5.32 Å². The fourth-order valence-corrected chi connectivity index (χ4v) is 1.96. The summed E-state index contributed by atoms with van der Waals surface area (Å²) in [7, 11) is 0. The highest BCUT2D eigenvalue weighted by molar-refractivity contribution is 6.33. The van der Waals surface area contributed by atoms with Gasteiger partial charge in [0, 0.05) is 6.04 Å². The van der Waals surface area contributed by atoms with E-state index < -0.39 is 0 Å². The van der Waals surface area contributed by atoms with Gasteiger partial charge in [-0.3, -0.25) is 0 Å². The molecule has 0 saturated heterocycles. The number of hydrogen-bond acceptors (Lipinski definition) is 1. The van der Waals surface area contributed by atoms with Crippen LogP contribution < -0.4 is 5.32 Å². The summed E-state index contributed by atoms with van der Waals surface area (Å²) >= 11 is 5.96. The van der Waals surface area contributed by atoms with Crippen LogP contribution in [-0.4, -0.2) is 6.04 Å². The molecule has 0 amide bonds. The van der Waals surface area contributed by atoms with E-state index in [1.165, 1.54) is 25.0 Å². The van der Waals surface area contributed by atoms with E-state index in [9.17, 15) is 4.39 Å². The van der Waals surface area contributed by atoms with Crippen LogP contribution in [0.15, 0.2) is 18.2 Å². The van der Waals surface area contributed by atoms with Crippen LogP contribution in [0.25, 0.3) is 0 Å². The van der Waals surface area contributed by atoms with Gasteiger partial charge >= 0.3 is 0 Å². The van der Waals surface area contributed by atoms with E-state index in [4.69, 9.17) is 11.6 Å². The first-order chi connectivity index (χ1) is 7.15. The molecule has 1 aromatic rings. The van der Waals surface area contributed by atoms with Gasteiger partial charge in [0.05, 0.1) is 10.7 Å². The van der Waals surface area contributed by atoms with Crippen molar-refractivity contribution < 1.29 is 4.39 Å². The van der Waals surface area contributed by atoms with Gasteiger partial charge in [0.2, 0.25) is 0 Å². The van der Waals surface area contributed by atoms with Gasteiger partial charge in [-0.25, -0.2) is 4.39 Å². The van der Waals surface area contributed by atoms with Gasteiger partial charge in [-0.1, -0.05) is 24.4 Å². The fourth-order valence-electron chi connectivity index (χ4n) is 1.79. The Hall–Kier alpha value is -0.760. The topological polar surface area (TPSA) is 12.0 Å². The minimum atomic E-state index is -0.250. The molecule has 0 spiro atoms. The van der Waals surface area contributed by atoms with Crippen molar-refractivity contribution in [1.82, 2.24) is 0 Å². The van der Waals surface area contributed by atoms with E-state index in [-0.39, 0.29) is 5.82 Å². The van der Waals surface area contributed by atoms with E-state index in [1.54, 1.807) is 6.07 Å². The molecule has 3 heteroatoms. The van der Waals surface area contributed by atoms with E-state index in [0.717, 1.165) is 12.3 Å². The van der Waals surface area contributed by atoms with E-state index >= 15 is 0 Å². The molecular weight excluding hydrogens is 213 g/mol. The molecular formula is C12H15ClFN. The first-order valence-corrected chi connectivity index (χ1v) is 5.74. The molecule has 0 heterocycles. The number of benzene rings is 1. The van der Waals surface area contributed by atoms with Crippen molar-refractivity contribution in [2.24, 2.45) is 5.92 Å². The third-order valence-corrected chi connectivity index (χ3v) is 3.04. The average Bonchev–Trinajstić information content (AvgIpc) is 2.95. The Balaban J connectivity index is 1.98. The second-order valence-electron chi connectivity index (χ2n) is 4.35. The summed E-state index contributed by atoms with van der Waals surface area (Å²) in [6, 6.07) is 4.77. The molecule has 1 aromatic carbocycles. The highest BCUT2D eigenvalue weighted by Gasteiger charge is 2.23. The maximum Gasteiger partial charge on any atom is 0.125 e. The molecule has 0 aromatic heterocycles. The van der Waals surface area contributed by atoms with Crippen molar-refractivity contribution in [2.45, 2.75) is 32.2 Å². The normalized spacial score (nSPS) is 17.5. The third kappa shape index (κ3) is 3.10. The lowest BCUT2D eigenvalue weighted by molar-refractivity contribution is 0.623. The maximum atomic E-state index is 13.0. The minimum Gasteiger partial charge on any atom is -0.381 e. The minimum absolute atomic E-state index is 0.250. The van der Waals surface area contributed by atoms with Gasteiger partial charge in [0.15, 0.2) is 0 Å². The monoisotopic (exact) mass is 227 g/mol. The number of anilines is 1. The average molecular weight is 228 g/mol. The van der Waals surface area contributed by atoms with Crippen LogP contribution in [0.4, 0.5) is 10.1 Å². The highest BCUT2D eigenvalue weighted by atomic mass is 35.5. The fraction of sp³-hybridized carbons (Fsp3) is 0.500. The largest absolute Gasteiger partial charge is 0.381 e. The molecule has 15 heavy (non-hydrogen) atoms. The summed E-state index contributed by atoms with van der Waals surface area (Å²) in [4.78, 5) is 0. The molecule has 1 N–H and O–H groups in total. The molecule has 1 unspecified atom stereocenters. The summed E-state index contributed by atoms with van der Waals surface area (Å²) in [5.74, 6) is 0.611. The second kappa shape index (κ2) is 4.40. The van der Waals surface area contributed by atoms with E-state index in [0.29, 0.717) is 16.8 Å².